The van der Waals surface area contributed by atoms with Crippen LogP contribution in [0.15, 0.2) is 56.9 Å². The van der Waals surface area contributed by atoms with Gasteiger partial charge in [0.2, 0.25) is 0 Å². The average Bonchev–Trinajstić information content (AvgIpc) is 3.40. The molecule has 4 heterocycles. The topological polar surface area (TPSA) is 89.1 Å². The van der Waals surface area contributed by atoms with E-state index in [0.717, 1.165) is 18.2 Å². The van der Waals surface area contributed by atoms with E-state index in [-0.39, 0.29) is 18.0 Å². The second-order valence-electron chi connectivity index (χ2n) is 6.93. The molecule has 0 saturated carbocycles. The largest absolute Gasteiger partial charge is 0.467 e. The van der Waals surface area contributed by atoms with Gasteiger partial charge in [-0.25, -0.2) is 4.98 Å². The van der Waals surface area contributed by atoms with Crippen LogP contribution in [0.2, 0.25) is 0 Å². The van der Waals surface area contributed by atoms with Gasteiger partial charge in [0, 0.05) is 26.0 Å². The third-order valence-electron chi connectivity index (χ3n) is 4.77. The summed E-state index contributed by atoms with van der Waals surface area (Å²) in [7, 11) is 0. The van der Waals surface area contributed by atoms with Crippen molar-refractivity contribution < 1.29 is 13.9 Å². The van der Waals surface area contributed by atoms with Gasteiger partial charge in [-0.05, 0) is 43.7 Å². The third kappa shape index (κ3) is 4.77. The number of pyridine rings is 1. The molecular weight excluding hydrogens is 448 g/mol. The van der Waals surface area contributed by atoms with Crippen molar-refractivity contribution in [3.05, 3.63) is 69.4 Å². The van der Waals surface area contributed by atoms with E-state index in [9.17, 15) is 9.59 Å². The van der Waals surface area contributed by atoms with Crippen LogP contribution in [0.5, 0.6) is 0 Å². The Balaban J connectivity index is 1.66. The van der Waals surface area contributed by atoms with E-state index in [1.165, 1.54) is 9.30 Å². The number of hydrogen-bond acceptors (Lipinski definition) is 8. The quantitative estimate of drug-likeness (QED) is 0.289. The Bertz CT molecular complexity index is 1220. The molecule has 0 radical (unpaired) electrons. The van der Waals surface area contributed by atoms with Crippen LogP contribution in [0.3, 0.4) is 0 Å². The molecule has 1 amide bonds. The molecule has 8 nitrogen and oxygen atoms in total. The predicted octanol–water partition coefficient (Wildman–Crippen LogP) is 3.53. The number of thiocarbonyl (C=S) groups is 1. The molecule has 0 spiro atoms. The Morgan fingerprint density at radius 1 is 1.28 bits per heavy atom. The lowest BCUT2D eigenvalue weighted by atomic mass is 10.2. The Labute approximate surface area is 194 Å². The monoisotopic (exact) mass is 470 g/mol. The van der Waals surface area contributed by atoms with Gasteiger partial charge >= 0.3 is 0 Å². The predicted molar refractivity (Wildman–Crippen MR) is 128 cm³/mol. The van der Waals surface area contributed by atoms with Gasteiger partial charge in [-0.1, -0.05) is 30.0 Å². The first-order chi connectivity index (χ1) is 15.6. The zero-order valence-electron chi connectivity index (χ0n) is 17.4. The van der Waals surface area contributed by atoms with Crippen LogP contribution in [0, 0.1) is 0 Å². The summed E-state index contributed by atoms with van der Waals surface area (Å²) in [6.45, 7) is 4.03. The fourth-order valence-electron chi connectivity index (χ4n) is 3.22. The minimum Gasteiger partial charge on any atom is -0.467 e. The van der Waals surface area contributed by atoms with Crippen LogP contribution in [-0.2, 0) is 16.1 Å². The van der Waals surface area contributed by atoms with Crippen molar-refractivity contribution in [1.82, 2.24) is 14.3 Å². The van der Waals surface area contributed by atoms with Crippen molar-refractivity contribution in [3.63, 3.8) is 0 Å². The molecule has 3 aromatic rings. The lowest BCUT2D eigenvalue weighted by molar-refractivity contribution is -0.122. The van der Waals surface area contributed by atoms with Crippen LogP contribution >= 0.6 is 24.0 Å². The number of amides is 1. The van der Waals surface area contributed by atoms with Crippen molar-refractivity contribution in [2.45, 2.75) is 19.9 Å². The van der Waals surface area contributed by atoms with Gasteiger partial charge in [-0.2, -0.15) is 0 Å². The first-order valence-corrected chi connectivity index (χ1v) is 11.4. The van der Waals surface area contributed by atoms with E-state index in [4.69, 9.17) is 21.4 Å². The SMILES string of the molecule is CCOCCCNc1nc2ccccn2c(=O)c1/C=C1\SC(=S)N(Cc2ccco2)C1=O. The molecule has 0 bridgehead atoms. The number of carbonyl (C=O) groups excluding carboxylic acids is 1. The number of nitrogens with one attached hydrogen (secondary N) is 1. The van der Waals surface area contributed by atoms with E-state index in [2.05, 4.69) is 10.3 Å². The number of aromatic nitrogens is 2. The van der Waals surface area contributed by atoms with Gasteiger partial charge < -0.3 is 14.5 Å². The molecule has 4 rings (SSSR count). The molecule has 0 atom stereocenters. The molecule has 1 N–H and O–H groups in total. The first kappa shape index (κ1) is 22.3. The van der Waals surface area contributed by atoms with Crippen molar-refractivity contribution >= 4 is 51.7 Å². The number of rotatable bonds is 9. The second kappa shape index (κ2) is 10.1. The minimum atomic E-state index is -0.267. The molecule has 1 fully saturated rings. The highest BCUT2D eigenvalue weighted by Crippen LogP contribution is 2.34. The van der Waals surface area contributed by atoms with Gasteiger partial charge in [0.1, 0.15) is 21.5 Å². The van der Waals surface area contributed by atoms with Crippen LogP contribution in [0.25, 0.3) is 11.7 Å². The van der Waals surface area contributed by atoms with Crippen molar-refractivity contribution in [3.8, 4) is 0 Å². The molecule has 1 aliphatic heterocycles. The Hall–Kier alpha value is -2.95. The Morgan fingerprint density at radius 3 is 2.94 bits per heavy atom. The molecule has 0 aromatic carbocycles. The zero-order valence-corrected chi connectivity index (χ0v) is 19.1. The maximum Gasteiger partial charge on any atom is 0.267 e. The number of anilines is 1. The van der Waals surface area contributed by atoms with E-state index in [0.29, 0.717) is 51.8 Å². The molecule has 3 aromatic heterocycles. The average molecular weight is 471 g/mol. The number of nitrogens with zero attached hydrogens (tertiary/aromatic N) is 3. The fourth-order valence-corrected chi connectivity index (χ4v) is 4.46. The van der Waals surface area contributed by atoms with Gasteiger partial charge in [0.25, 0.3) is 11.5 Å². The lowest BCUT2D eigenvalue weighted by Gasteiger charge is -2.12. The number of furan rings is 1. The molecule has 32 heavy (non-hydrogen) atoms. The summed E-state index contributed by atoms with van der Waals surface area (Å²) in [4.78, 5) is 32.7. The molecule has 10 heteroatoms. The van der Waals surface area contributed by atoms with E-state index in [1.807, 2.05) is 13.0 Å². The zero-order chi connectivity index (χ0) is 22.5. The van der Waals surface area contributed by atoms with Crippen LogP contribution < -0.4 is 10.9 Å². The highest BCUT2D eigenvalue weighted by atomic mass is 32.2. The molecule has 1 aliphatic rings. The number of hydrogen-bond donors (Lipinski definition) is 1. The summed E-state index contributed by atoms with van der Waals surface area (Å²) in [6.07, 6.45) is 5.53. The maximum absolute atomic E-state index is 13.2. The Kier molecular flexibility index (Phi) is 7.03. The molecule has 0 unspecified atom stereocenters. The summed E-state index contributed by atoms with van der Waals surface area (Å²) >= 11 is 6.55. The number of ether oxygens (including phenoxy) is 1. The molecule has 0 aliphatic carbocycles. The van der Waals surface area contributed by atoms with Crippen LogP contribution in [0.4, 0.5) is 5.82 Å². The summed E-state index contributed by atoms with van der Waals surface area (Å²) in [5.74, 6) is 0.789. The van der Waals surface area contributed by atoms with Gasteiger partial charge in [0.05, 0.1) is 23.3 Å². The Morgan fingerprint density at radius 2 is 2.16 bits per heavy atom. The summed E-state index contributed by atoms with van der Waals surface area (Å²) in [6, 6.07) is 8.89. The van der Waals surface area contributed by atoms with Crippen LogP contribution in [0.1, 0.15) is 24.7 Å². The highest BCUT2D eigenvalue weighted by Gasteiger charge is 2.33. The standard InChI is InChI=1S/C22H22N4O4S2/c1-2-29-11-6-9-23-19-16(20(27)25-10-4-3-8-18(25)24-19)13-17-21(28)26(22(31)32-17)14-15-7-5-12-30-15/h3-5,7-8,10,12-13,23H,2,6,9,11,14H2,1H3/b17-13-. The van der Waals surface area contributed by atoms with Gasteiger partial charge in [-0.3, -0.25) is 18.9 Å². The smallest absolute Gasteiger partial charge is 0.267 e. The summed E-state index contributed by atoms with van der Waals surface area (Å²) in [5.41, 5.74) is 0.565. The van der Waals surface area contributed by atoms with E-state index in [1.54, 1.807) is 42.8 Å². The minimum absolute atomic E-state index is 0.243. The lowest BCUT2D eigenvalue weighted by Crippen LogP contribution is -2.27. The van der Waals surface area contributed by atoms with Crippen LogP contribution in [-0.4, -0.2) is 44.3 Å². The number of fused-ring (bicyclic) bond motifs is 1. The second-order valence-corrected chi connectivity index (χ2v) is 8.61. The summed E-state index contributed by atoms with van der Waals surface area (Å²) in [5, 5.41) is 3.22. The molecule has 166 valence electrons. The first-order valence-electron chi connectivity index (χ1n) is 10.2. The number of thioether (sulfide) groups is 1. The van der Waals surface area contributed by atoms with Gasteiger partial charge in [-0.15, -0.1) is 0 Å². The molecular formula is C22H22N4O4S2. The fraction of sp³-hybridized carbons (Fsp3) is 0.273. The summed E-state index contributed by atoms with van der Waals surface area (Å²) < 4.78 is 12.6. The van der Waals surface area contributed by atoms with Gasteiger partial charge in [0.15, 0.2) is 0 Å². The maximum atomic E-state index is 13.2. The normalized spacial score (nSPS) is 15.3. The van der Waals surface area contributed by atoms with Crippen molar-refractivity contribution in [2.75, 3.05) is 25.1 Å². The molecule has 1 saturated heterocycles. The van der Waals surface area contributed by atoms with E-state index < -0.39 is 0 Å². The highest BCUT2D eigenvalue weighted by molar-refractivity contribution is 8.26. The van der Waals surface area contributed by atoms with E-state index >= 15 is 0 Å². The number of carbonyl (C=O) groups is 1. The van der Waals surface area contributed by atoms with Crippen molar-refractivity contribution in [2.24, 2.45) is 0 Å². The van der Waals surface area contributed by atoms with Crippen molar-refractivity contribution in [1.29, 1.82) is 0 Å². The third-order valence-corrected chi connectivity index (χ3v) is 6.15.